The summed E-state index contributed by atoms with van der Waals surface area (Å²) in [6.07, 6.45) is 3.32. The summed E-state index contributed by atoms with van der Waals surface area (Å²) in [7, 11) is 0. The molecule has 0 saturated heterocycles. The van der Waals surface area contributed by atoms with Crippen LogP contribution in [0.15, 0.2) is 29.4 Å². The third-order valence-electron chi connectivity index (χ3n) is 4.66. The van der Waals surface area contributed by atoms with E-state index in [-0.39, 0.29) is 11.5 Å². The molecule has 3 aromatic rings. The minimum atomic E-state index is 0.0215. The van der Waals surface area contributed by atoms with Crippen LogP contribution < -0.4 is 5.73 Å². The Morgan fingerprint density at radius 1 is 1.35 bits per heavy atom. The third kappa shape index (κ3) is 3.46. The molecule has 1 unspecified atom stereocenters. The van der Waals surface area contributed by atoms with Crippen molar-refractivity contribution in [3.05, 3.63) is 45.3 Å². The molecule has 1 atom stereocenters. The summed E-state index contributed by atoms with van der Waals surface area (Å²) < 4.78 is 0. The number of benzene rings is 1. The first-order chi connectivity index (χ1) is 12.5. The summed E-state index contributed by atoms with van der Waals surface area (Å²) in [5, 5.41) is 2.20. The zero-order valence-electron chi connectivity index (χ0n) is 14.3. The van der Waals surface area contributed by atoms with Gasteiger partial charge in [0.25, 0.3) is 0 Å². The van der Waals surface area contributed by atoms with Crippen LogP contribution in [0.3, 0.4) is 0 Å². The summed E-state index contributed by atoms with van der Waals surface area (Å²) in [4.78, 5) is 23.8. The van der Waals surface area contributed by atoms with Crippen LogP contribution in [0, 0.1) is 5.92 Å². The molecule has 2 N–H and O–H groups in total. The molecular weight excluding hydrogens is 386 g/mol. The minimum absolute atomic E-state index is 0.0215. The van der Waals surface area contributed by atoms with Gasteiger partial charge >= 0.3 is 0 Å². The van der Waals surface area contributed by atoms with Gasteiger partial charge in [0.1, 0.15) is 10.6 Å². The first-order valence-electron chi connectivity index (χ1n) is 8.50. The third-order valence-corrected chi connectivity index (χ3v) is 6.91. The molecule has 0 aliphatic heterocycles. The Balaban J connectivity index is 1.56. The Bertz CT molecular complexity index is 985. The lowest BCUT2D eigenvalue weighted by Gasteiger charge is -2.17. The second-order valence-corrected chi connectivity index (χ2v) is 9.10. The number of nitrogens with two attached hydrogens (primary N) is 1. The van der Waals surface area contributed by atoms with Gasteiger partial charge in [0.05, 0.1) is 11.1 Å². The van der Waals surface area contributed by atoms with E-state index in [0.717, 1.165) is 23.1 Å². The van der Waals surface area contributed by atoms with E-state index in [9.17, 15) is 4.79 Å². The maximum atomic E-state index is 12.3. The number of halogens is 1. The predicted octanol–water partition coefficient (Wildman–Crippen LogP) is 5.03. The lowest BCUT2D eigenvalue weighted by molar-refractivity contribution is 0.102. The standard InChI is InChI=1S/C19H18ClN3OS2/c1-10-2-7-13-15(8-10)26-18-16(13)17(21)22-19(23-18)25-9-14(24)11-3-5-12(20)6-4-11/h3-6,10H,2,7-9H2,1H3,(H2,21,22,23). The Morgan fingerprint density at radius 2 is 2.12 bits per heavy atom. The number of ketones is 1. The molecule has 0 fully saturated rings. The van der Waals surface area contributed by atoms with Crippen LogP contribution in [0.5, 0.6) is 0 Å². The normalized spacial score (nSPS) is 16.6. The van der Waals surface area contributed by atoms with E-state index in [1.807, 2.05) is 0 Å². The maximum Gasteiger partial charge on any atom is 0.191 e. The summed E-state index contributed by atoms with van der Waals surface area (Å²) in [5.41, 5.74) is 8.20. The average molecular weight is 404 g/mol. The van der Waals surface area contributed by atoms with Gasteiger partial charge in [-0.3, -0.25) is 4.79 Å². The van der Waals surface area contributed by atoms with E-state index in [1.165, 1.54) is 28.6 Å². The number of hydrogen-bond donors (Lipinski definition) is 1. The minimum Gasteiger partial charge on any atom is -0.383 e. The molecule has 26 heavy (non-hydrogen) atoms. The zero-order valence-corrected chi connectivity index (χ0v) is 16.7. The SMILES string of the molecule is CC1CCc2c(sc3nc(SCC(=O)c4ccc(Cl)cc4)nc(N)c23)C1. The number of aromatic nitrogens is 2. The predicted molar refractivity (Wildman–Crippen MR) is 110 cm³/mol. The number of fused-ring (bicyclic) bond motifs is 3. The fraction of sp³-hybridized carbons (Fsp3) is 0.316. The van der Waals surface area contributed by atoms with E-state index < -0.39 is 0 Å². The largest absolute Gasteiger partial charge is 0.383 e. The van der Waals surface area contributed by atoms with E-state index in [4.69, 9.17) is 17.3 Å². The van der Waals surface area contributed by atoms with Crippen molar-refractivity contribution in [3.63, 3.8) is 0 Å². The van der Waals surface area contributed by atoms with E-state index in [2.05, 4.69) is 16.9 Å². The lowest BCUT2D eigenvalue weighted by Crippen LogP contribution is -2.09. The molecule has 0 saturated carbocycles. The fourth-order valence-electron chi connectivity index (χ4n) is 3.26. The summed E-state index contributed by atoms with van der Waals surface area (Å²) in [5.74, 6) is 1.53. The molecule has 0 amide bonds. The van der Waals surface area contributed by atoms with Gasteiger partial charge in [0, 0.05) is 15.5 Å². The van der Waals surface area contributed by atoms with Crippen LogP contribution in [0.4, 0.5) is 5.82 Å². The number of carbonyl (C=O) groups is 1. The van der Waals surface area contributed by atoms with Gasteiger partial charge in [-0.15, -0.1) is 11.3 Å². The molecule has 2 heterocycles. The summed E-state index contributed by atoms with van der Waals surface area (Å²) in [6, 6.07) is 6.91. The molecule has 1 aromatic carbocycles. The van der Waals surface area contributed by atoms with Crippen molar-refractivity contribution in [2.45, 2.75) is 31.3 Å². The van der Waals surface area contributed by atoms with Crippen molar-refractivity contribution in [2.24, 2.45) is 5.92 Å². The Morgan fingerprint density at radius 3 is 2.88 bits per heavy atom. The van der Waals surface area contributed by atoms with Crippen LogP contribution in [-0.4, -0.2) is 21.5 Å². The molecule has 134 valence electrons. The summed E-state index contributed by atoms with van der Waals surface area (Å²) in [6.45, 7) is 2.28. The number of rotatable bonds is 4. The van der Waals surface area contributed by atoms with Crippen molar-refractivity contribution in [2.75, 3.05) is 11.5 Å². The van der Waals surface area contributed by atoms with Crippen LogP contribution in [0.2, 0.25) is 5.02 Å². The monoisotopic (exact) mass is 403 g/mol. The fourth-order valence-corrected chi connectivity index (χ4v) is 5.58. The number of carbonyl (C=O) groups excluding carboxylic acids is 1. The summed E-state index contributed by atoms with van der Waals surface area (Å²) >= 11 is 8.91. The van der Waals surface area contributed by atoms with Crippen LogP contribution in [-0.2, 0) is 12.8 Å². The molecule has 0 bridgehead atoms. The van der Waals surface area contributed by atoms with Crippen LogP contribution in [0.1, 0.15) is 34.1 Å². The van der Waals surface area contributed by atoms with Gasteiger partial charge in [-0.25, -0.2) is 9.97 Å². The first kappa shape index (κ1) is 17.8. The molecule has 1 aliphatic carbocycles. The van der Waals surface area contributed by atoms with Gasteiger partial charge in [0.2, 0.25) is 0 Å². The first-order valence-corrected chi connectivity index (χ1v) is 10.7. The molecule has 7 heteroatoms. The van der Waals surface area contributed by atoms with Crippen molar-refractivity contribution in [1.29, 1.82) is 0 Å². The topological polar surface area (TPSA) is 68.9 Å². The zero-order chi connectivity index (χ0) is 18.3. The molecule has 4 rings (SSSR count). The lowest BCUT2D eigenvalue weighted by atomic mass is 9.89. The second kappa shape index (κ2) is 7.18. The van der Waals surface area contributed by atoms with Crippen LogP contribution in [0.25, 0.3) is 10.2 Å². The number of aryl methyl sites for hydroxylation is 1. The number of hydrogen-bond acceptors (Lipinski definition) is 6. The number of Topliss-reactive ketones (excluding diaryl/α,β-unsaturated/α-hetero) is 1. The number of nitrogen functional groups attached to an aromatic ring is 1. The molecule has 4 nitrogen and oxygen atoms in total. The number of thioether (sulfide) groups is 1. The smallest absolute Gasteiger partial charge is 0.191 e. The molecule has 0 spiro atoms. The van der Waals surface area contributed by atoms with E-state index >= 15 is 0 Å². The maximum absolute atomic E-state index is 12.3. The van der Waals surface area contributed by atoms with Gasteiger partial charge in [-0.2, -0.15) is 0 Å². The van der Waals surface area contributed by atoms with Gasteiger partial charge in [0.15, 0.2) is 10.9 Å². The van der Waals surface area contributed by atoms with Crippen molar-refractivity contribution >= 4 is 56.5 Å². The molecule has 2 aromatic heterocycles. The highest BCUT2D eigenvalue weighted by molar-refractivity contribution is 7.99. The highest BCUT2D eigenvalue weighted by Crippen LogP contribution is 2.39. The van der Waals surface area contributed by atoms with Gasteiger partial charge in [-0.1, -0.05) is 30.3 Å². The molecule has 0 radical (unpaired) electrons. The second-order valence-electron chi connectivity index (χ2n) is 6.64. The highest BCUT2D eigenvalue weighted by atomic mass is 35.5. The van der Waals surface area contributed by atoms with Gasteiger partial charge in [-0.05, 0) is 55.0 Å². The van der Waals surface area contributed by atoms with E-state index in [1.54, 1.807) is 35.6 Å². The average Bonchev–Trinajstić information content (AvgIpc) is 2.98. The van der Waals surface area contributed by atoms with Gasteiger partial charge < -0.3 is 5.73 Å². The van der Waals surface area contributed by atoms with Crippen molar-refractivity contribution in [3.8, 4) is 0 Å². The Labute approximate surface area is 165 Å². The molecular formula is C19H18ClN3OS2. The number of nitrogens with zero attached hydrogens (tertiary/aromatic N) is 2. The number of thiophene rings is 1. The Kier molecular flexibility index (Phi) is 4.90. The quantitative estimate of drug-likeness (QED) is 0.376. The highest BCUT2D eigenvalue weighted by Gasteiger charge is 2.23. The van der Waals surface area contributed by atoms with Crippen molar-refractivity contribution < 1.29 is 4.79 Å². The Hall–Kier alpha value is -1.63. The number of anilines is 1. The van der Waals surface area contributed by atoms with Crippen LogP contribution >= 0.6 is 34.7 Å². The molecule has 1 aliphatic rings. The van der Waals surface area contributed by atoms with Crippen molar-refractivity contribution in [1.82, 2.24) is 9.97 Å². The van der Waals surface area contributed by atoms with E-state index in [0.29, 0.717) is 27.5 Å².